The maximum Gasteiger partial charge on any atom is 0.304 e. The van der Waals surface area contributed by atoms with Gasteiger partial charge in [-0.1, -0.05) is 0 Å². The lowest BCUT2D eigenvalue weighted by Crippen LogP contribution is -2.49. The van der Waals surface area contributed by atoms with E-state index in [9.17, 15) is 13.2 Å². The van der Waals surface area contributed by atoms with E-state index in [0.29, 0.717) is 38.5 Å². The largest absolute Gasteiger partial charge is 0.497 e. The van der Waals surface area contributed by atoms with Crippen LogP contribution in [0.25, 0.3) is 0 Å². The van der Waals surface area contributed by atoms with E-state index in [0.717, 1.165) is 0 Å². The molecule has 1 aliphatic heterocycles. The molecule has 24 heavy (non-hydrogen) atoms. The molecule has 1 aromatic carbocycles. The van der Waals surface area contributed by atoms with Crippen LogP contribution in [-0.4, -0.2) is 75.6 Å². The van der Waals surface area contributed by atoms with Crippen LogP contribution >= 0.6 is 0 Å². The Morgan fingerprint density at radius 3 is 2.38 bits per heavy atom. The topological polar surface area (TPSA) is 96.4 Å². The van der Waals surface area contributed by atoms with Crippen molar-refractivity contribution in [2.24, 2.45) is 0 Å². The fourth-order valence-electron chi connectivity index (χ4n) is 2.57. The molecule has 1 aromatic rings. The van der Waals surface area contributed by atoms with Crippen LogP contribution in [0.5, 0.6) is 11.5 Å². The third-order valence-electron chi connectivity index (χ3n) is 3.96. The molecule has 2 rings (SSSR count). The van der Waals surface area contributed by atoms with E-state index >= 15 is 0 Å². The van der Waals surface area contributed by atoms with Gasteiger partial charge in [0.1, 0.15) is 16.4 Å². The van der Waals surface area contributed by atoms with Crippen LogP contribution in [-0.2, 0) is 14.8 Å². The molecular formula is C15H22N2O6S. The standard InChI is InChI=1S/C15H22N2O6S/c1-22-12-3-4-13(23-2)14(11-12)24(20,21)17-9-7-16(8-10-17)6-5-15(18)19/h3-4,11H,5-10H2,1-2H3,(H,18,19). The molecule has 134 valence electrons. The second kappa shape index (κ2) is 7.82. The molecule has 1 N–H and O–H groups in total. The first-order chi connectivity index (χ1) is 11.4. The van der Waals surface area contributed by atoms with E-state index in [-0.39, 0.29) is 17.1 Å². The molecule has 0 aliphatic carbocycles. The SMILES string of the molecule is COc1ccc(OC)c(S(=O)(=O)N2CCN(CCC(=O)O)CC2)c1. The lowest BCUT2D eigenvalue weighted by atomic mass is 10.3. The van der Waals surface area contributed by atoms with Gasteiger partial charge in [0.15, 0.2) is 0 Å². The Balaban J connectivity index is 2.13. The van der Waals surface area contributed by atoms with Crippen molar-refractivity contribution >= 4 is 16.0 Å². The molecule has 0 radical (unpaired) electrons. The first kappa shape index (κ1) is 18.5. The molecule has 9 heteroatoms. The van der Waals surface area contributed by atoms with E-state index in [4.69, 9.17) is 14.6 Å². The van der Waals surface area contributed by atoms with Crippen LogP contribution in [0.15, 0.2) is 23.1 Å². The van der Waals surface area contributed by atoms with Crippen LogP contribution in [0.1, 0.15) is 6.42 Å². The number of benzene rings is 1. The number of rotatable bonds is 7. The second-order valence-corrected chi connectivity index (χ2v) is 7.31. The van der Waals surface area contributed by atoms with Gasteiger partial charge in [0.2, 0.25) is 10.0 Å². The van der Waals surface area contributed by atoms with Crippen LogP contribution in [0.3, 0.4) is 0 Å². The van der Waals surface area contributed by atoms with Crippen LogP contribution in [0.2, 0.25) is 0 Å². The molecule has 0 amide bonds. The highest BCUT2D eigenvalue weighted by Crippen LogP contribution is 2.31. The highest BCUT2D eigenvalue weighted by atomic mass is 32.2. The molecular weight excluding hydrogens is 336 g/mol. The van der Waals surface area contributed by atoms with Gasteiger partial charge in [0.25, 0.3) is 0 Å². The number of piperazine rings is 1. The first-order valence-electron chi connectivity index (χ1n) is 7.55. The Labute approximate surface area is 141 Å². The van der Waals surface area contributed by atoms with E-state index in [1.54, 1.807) is 12.1 Å². The minimum atomic E-state index is -3.71. The third-order valence-corrected chi connectivity index (χ3v) is 5.88. The van der Waals surface area contributed by atoms with Gasteiger partial charge in [-0.25, -0.2) is 8.42 Å². The number of carboxylic acids is 1. The molecule has 0 aromatic heterocycles. The van der Waals surface area contributed by atoms with Crippen molar-refractivity contribution in [2.45, 2.75) is 11.3 Å². The number of carbonyl (C=O) groups is 1. The molecule has 0 bridgehead atoms. The van der Waals surface area contributed by atoms with Crippen LogP contribution < -0.4 is 9.47 Å². The number of hydrogen-bond acceptors (Lipinski definition) is 6. The van der Waals surface area contributed by atoms with Crippen molar-refractivity contribution in [3.8, 4) is 11.5 Å². The number of aliphatic carboxylic acids is 1. The Morgan fingerprint density at radius 1 is 1.17 bits per heavy atom. The van der Waals surface area contributed by atoms with Gasteiger partial charge in [0, 0.05) is 38.8 Å². The molecule has 1 saturated heterocycles. The molecule has 0 saturated carbocycles. The smallest absolute Gasteiger partial charge is 0.304 e. The molecule has 8 nitrogen and oxygen atoms in total. The maximum atomic E-state index is 12.9. The molecule has 1 heterocycles. The zero-order valence-corrected chi connectivity index (χ0v) is 14.6. The Kier molecular flexibility index (Phi) is 6.03. The summed E-state index contributed by atoms with van der Waals surface area (Å²) in [5.41, 5.74) is 0. The van der Waals surface area contributed by atoms with Gasteiger partial charge in [-0.15, -0.1) is 0 Å². The summed E-state index contributed by atoms with van der Waals surface area (Å²) in [6, 6.07) is 4.65. The number of nitrogens with zero attached hydrogens (tertiary/aromatic N) is 2. The average molecular weight is 358 g/mol. The van der Waals surface area contributed by atoms with Crippen molar-refractivity contribution in [2.75, 3.05) is 46.9 Å². The van der Waals surface area contributed by atoms with Gasteiger partial charge < -0.3 is 19.5 Å². The molecule has 0 unspecified atom stereocenters. The van der Waals surface area contributed by atoms with Crippen LogP contribution in [0, 0.1) is 0 Å². The fourth-order valence-corrected chi connectivity index (χ4v) is 4.16. The first-order valence-corrected chi connectivity index (χ1v) is 8.99. The number of methoxy groups -OCH3 is 2. The van der Waals surface area contributed by atoms with E-state index in [1.165, 1.54) is 24.6 Å². The number of ether oxygens (including phenoxy) is 2. The van der Waals surface area contributed by atoms with Crippen molar-refractivity contribution in [3.05, 3.63) is 18.2 Å². The monoisotopic (exact) mass is 358 g/mol. The molecule has 0 atom stereocenters. The lowest BCUT2D eigenvalue weighted by Gasteiger charge is -2.33. The van der Waals surface area contributed by atoms with Crippen LogP contribution in [0.4, 0.5) is 0 Å². The maximum absolute atomic E-state index is 12.9. The minimum absolute atomic E-state index is 0.0520. The number of carboxylic acid groups (broad SMARTS) is 1. The van der Waals surface area contributed by atoms with Crippen molar-refractivity contribution in [1.82, 2.24) is 9.21 Å². The normalized spacial score (nSPS) is 16.8. The van der Waals surface area contributed by atoms with Crippen molar-refractivity contribution < 1.29 is 27.8 Å². The number of hydrogen-bond donors (Lipinski definition) is 1. The second-order valence-electron chi connectivity index (χ2n) is 5.41. The predicted molar refractivity (Wildman–Crippen MR) is 87.0 cm³/mol. The van der Waals surface area contributed by atoms with Gasteiger partial charge in [-0.2, -0.15) is 4.31 Å². The molecule has 1 aliphatic rings. The summed E-state index contributed by atoms with van der Waals surface area (Å²) in [7, 11) is -0.814. The van der Waals surface area contributed by atoms with E-state index in [1.807, 2.05) is 4.90 Å². The summed E-state index contributed by atoms with van der Waals surface area (Å²) in [6.45, 7) is 2.04. The van der Waals surface area contributed by atoms with Crippen molar-refractivity contribution in [3.63, 3.8) is 0 Å². The zero-order valence-electron chi connectivity index (χ0n) is 13.8. The van der Waals surface area contributed by atoms with Gasteiger partial charge in [-0.3, -0.25) is 4.79 Å². The van der Waals surface area contributed by atoms with Gasteiger partial charge >= 0.3 is 5.97 Å². The number of sulfonamides is 1. The van der Waals surface area contributed by atoms with E-state index in [2.05, 4.69) is 0 Å². The Morgan fingerprint density at radius 2 is 1.83 bits per heavy atom. The third kappa shape index (κ3) is 4.16. The molecule has 1 fully saturated rings. The lowest BCUT2D eigenvalue weighted by molar-refractivity contribution is -0.137. The average Bonchev–Trinajstić information content (AvgIpc) is 2.59. The van der Waals surface area contributed by atoms with Gasteiger partial charge in [-0.05, 0) is 12.1 Å². The summed E-state index contributed by atoms with van der Waals surface area (Å²) < 4.78 is 37.4. The summed E-state index contributed by atoms with van der Waals surface area (Å²) in [5, 5.41) is 8.72. The highest BCUT2D eigenvalue weighted by molar-refractivity contribution is 7.89. The summed E-state index contributed by atoms with van der Waals surface area (Å²) in [6.07, 6.45) is 0.0520. The minimum Gasteiger partial charge on any atom is -0.497 e. The highest BCUT2D eigenvalue weighted by Gasteiger charge is 2.31. The quantitative estimate of drug-likeness (QED) is 0.757. The summed E-state index contributed by atoms with van der Waals surface area (Å²) in [5.74, 6) is -0.148. The fraction of sp³-hybridized carbons (Fsp3) is 0.533. The Bertz CT molecular complexity index is 683. The van der Waals surface area contributed by atoms with E-state index < -0.39 is 16.0 Å². The summed E-state index contributed by atoms with van der Waals surface area (Å²) >= 11 is 0. The zero-order chi connectivity index (χ0) is 17.7. The molecule has 0 spiro atoms. The Hall–Kier alpha value is -1.84. The van der Waals surface area contributed by atoms with Gasteiger partial charge in [0.05, 0.1) is 20.6 Å². The predicted octanol–water partition coefficient (Wildman–Crippen LogP) is 0.485. The summed E-state index contributed by atoms with van der Waals surface area (Å²) in [4.78, 5) is 12.6. The van der Waals surface area contributed by atoms with Crippen molar-refractivity contribution in [1.29, 1.82) is 0 Å².